The minimum absolute atomic E-state index is 0.0640. The van der Waals surface area contributed by atoms with E-state index in [2.05, 4.69) is 19.9 Å². The topological polar surface area (TPSA) is 0 Å². The maximum Gasteiger partial charge on any atom is 0.162 e. The van der Waals surface area contributed by atoms with E-state index in [1.807, 2.05) is 30.3 Å². The molecule has 0 N–H and O–H groups in total. The van der Waals surface area contributed by atoms with Crippen LogP contribution in [0.2, 0.25) is 0 Å². The molecule has 0 bridgehead atoms. The van der Waals surface area contributed by atoms with Gasteiger partial charge in [0.05, 0.1) is 0 Å². The zero-order chi connectivity index (χ0) is 24.1. The summed E-state index contributed by atoms with van der Waals surface area (Å²) in [6.45, 7) is 4.31. The van der Waals surface area contributed by atoms with Crippen LogP contribution < -0.4 is 0 Å². The Balaban J connectivity index is 1.36. The predicted octanol–water partition coefficient (Wildman–Crippen LogP) is 9.73. The molecule has 0 atom stereocenters. The lowest BCUT2D eigenvalue weighted by Gasteiger charge is -2.30. The van der Waals surface area contributed by atoms with Crippen LogP contribution in [0.25, 0.3) is 6.08 Å². The highest BCUT2D eigenvalue weighted by atomic mass is 19.2. The summed E-state index contributed by atoms with van der Waals surface area (Å²) in [5, 5.41) is 0. The van der Waals surface area contributed by atoms with E-state index in [0.29, 0.717) is 22.6 Å². The quantitative estimate of drug-likeness (QED) is 0.379. The molecular formula is C31H39F3. The van der Waals surface area contributed by atoms with Gasteiger partial charge in [-0.3, -0.25) is 0 Å². The van der Waals surface area contributed by atoms with Crippen molar-refractivity contribution in [1.29, 1.82) is 0 Å². The van der Waals surface area contributed by atoms with Gasteiger partial charge in [0, 0.05) is 5.56 Å². The summed E-state index contributed by atoms with van der Waals surface area (Å²) in [5.74, 6) is -0.0873. The van der Waals surface area contributed by atoms with Crippen molar-refractivity contribution in [2.24, 2.45) is 11.8 Å². The Hall–Kier alpha value is -2.03. The number of aryl methyl sites for hydroxylation is 1. The SMILES string of the molecule is CCCc1ccc(/C=C/C2CCC(c3ccc(C4CCC(CC)CC4)c(F)c3F)CC2)c(F)c1. The summed E-state index contributed by atoms with van der Waals surface area (Å²) in [5.41, 5.74) is 2.79. The second-order valence-electron chi connectivity index (χ2n) is 10.6. The molecule has 2 aromatic rings. The van der Waals surface area contributed by atoms with Crippen LogP contribution in [0.15, 0.2) is 36.4 Å². The fourth-order valence-corrected chi connectivity index (χ4v) is 6.10. The van der Waals surface area contributed by atoms with Gasteiger partial charge in [-0.1, -0.05) is 63.1 Å². The molecule has 0 heterocycles. The zero-order valence-corrected chi connectivity index (χ0v) is 20.8. The van der Waals surface area contributed by atoms with Crippen molar-refractivity contribution in [3.8, 4) is 0 Å². The molecule has 2 aliphatic carbocycles. The summed E-state index contributed by atoms with van der Waals surface area (Å²) in [4.78, 5) is 0. The highest BCUT2D eigenvalue weighted by Crippen LogP contribution is 2.42. The largest absolute Gasteiger partial charge is 0.206 e. The highest BCUT2D eigenvalue weighted by Gasteiger charge is 2.29. The van der Waals surface area contributed by atoms with Crippen LogP contribution in [0.3, 0.4) is 0 Å². The second kappa shape index (κ2) is 11.6. The average Bonchev–Trinajstić information content (AvgIpc) is 2.86. The molecule has 0 amide bonds. The third-order valence-corrected chi connectivity index (χ3v) is 8.37. The molecule has 0 unspecified atom stereocenters. The molecule has 34 heavy (non-hydrogen) atoms. The summed E-state index contributed by atoms with van der Waals surface area (Å²) in [6, 6.07) is 9.21. The molecule has 0 radical (unpaired) electrons. The molecular weight excluding hydrogens is 429 g/mol. The zero-order valence-electron chi connectivity index (χ0n) is 20.8. The van der Waals surface area contributed by atoms with Gasteiger partial charge in [-0.2, -0.15) is 0 Å². The Morgan fingerprint density at radius 1 is 0.765 bits per heavy atom. The van der Waals surface area contributed by atoms with Gasteiger partial charge in [-0.05, 0) is 104 Å². The Bertz CT molecular complexity index is 976. The Labute approximate surface area is 203 Å². The van der Waals surface area contributed by atoms with Crippen LogP contribution in [0, 0.1) is 29.3 Å². The maximum absolute atomic E-state index is 15.1. The minimum atomic E-state index is -0.622. The Kier molecular flexibility index (Phi) is 8.55. The summed E-state index contributed by atoms with van der Waals surface area (Å²) >= 11 is 0. The van der Waals surface area contributed by atoms with Gasteiger partial charge in [0.25, 0.3) is 0 Å². The molecule has 184 valence electrons. The molecule has 4 rings (SSSR count). The van der Waals surface area contributed by atoms with Crippen LogP contribution >= 0.6 is 0 Å². The van der Waals surface area contributed by atoms with E-state index in [0.717, 1.165) is 75.7 Å². The van der Waals surface area contributed by atoms with Gasteiger partial charge >= 0.3 is 0 Å². The number of hydrogen-bond donors (Lipinski definition) is 0. The minimum Gasteiger partial charge on any atom is -0.206 e. The van der Waals surface area contributed by atoms with E-state index in [4.69, 9.17) is 0 Å². The van der Waals surface area contributed by atoms with Crippen molar-refractivity contribution >= 4 is 6.08 Å². The van der Waals surface area contributed by atoms with Crippen LogP contribution in [-0.2, 0) is 6.42 Å². The van der Waals surface area contributed by atoms with Crippen LogP contribution in [0.4, 0.5) is 13.2 Å². The molecule has 2 saturated carbocycles. The summed E-state index contributed by atoms with van der Waals surface area (Å²) in [6.07, 6.45) is 14.7. The van der Waals surface area contributed by atoms with Crippen molar-refractivity contribution in [2.45, 2.75) is 96.3 Å². The van der Waals surface area contributed by atoms with Crippen molar-refractivity contribution < 1.29 is 13.2 Å². The van der Waals surface area contributed by atoms with Gasteiger partial charge in [0.15, 0.2) is 11.6 Å². The molecule has 0 saturated heterocycles. The predicted molar refractivity (Wildman–Crippen MR) is 135 cm³/mol. The first-order valence-corrected chi connectivity index (χ1v) is 13.4. The number of benzene rings is 2. The first-order chi connectivity index (χ1) is 16.5. The van der Waals surface area contributed by atoms with Gasteiger partial charge in [0.2, 0.25) is 0 Å². The fourth-order valence-electron chi connectivity index (χ4n) is 6.10. The molecule has 0 aliphatic heterocycles. The Morgan fingerprint density at radius 3 is 1.88 bits per heavy atom. The maximum atomic E-state index is 15.1. The number of rotatable bonds is 7. The average molecular weight is 469 g/mol. The van der Waals surface area contributed by atoms with Gasteiger partial charge in [-0.25, -0.2) is 13.2 Å². The lowest BCUT2D eigenvalue weighted by molar-refractivity contribution is 0.311. The molecule has 2 aromatic carbocycles. The van der Waals surface area contributed by atoms with E-state index >= 15 is 8.78 Å². The smallest absolute Gasteiger partial charge is 0.162 e. The summed E-state index contributed by atoms with van der Waals surface area (Å²) in [7, 11) is 0. The molecule has 2 fully saturated rings. The third-order valence-electron chi connectivity index (χ3n) is 8.37. The molecule has 0 nitrogen and oxygen atoms in total. The normalized spacial score (nSPS) is 25.7. The third kappa shape index (κ3) is 5.78. The second-order valence-corrected chi connectivity index (χ2v) is 10.6. The molecule has 0 aromatic heterocycles. The number of halogens is 3. The van der Waals surface area contributed by atoms with Crippen molar-refractivity contribution in [3.63, 3.8) is 0 Å². The standard InChI is InChI=1S/C31H39F3/c1-3-5-23-11-17-26(29(32)20-23)16-10-22-8-14-25(15-9-22)28-19-18-27(30(33)31(28)34)24-12-6-21(4-2)7-13-24/h10-11,16-22,24-25H,3-9,12-15H2,1-2H3/b16-10+. The molecule has 0 spiro atoms. The van der Waals surface area contributed by atoms with Crippen LogP contribution in [0.1, 0.15) is 112 Å². The van der Waals surface area contributed by atoms with Crippen molar-refractivity contribution in [3.05, 3.63) is 76.1 Å². The van der Waals surface area contributed by atoms with E-state index < -0.39 is 11.6 Å². The lowest BCUT2D eigenvalue weighted by atomic mass is 9.75. The van der Waals surface area contributed by atoms with E-state index in [1.54, 1.807) is 6.07 Å². The lowest BCUT2D eigenvalue weighted by Crippen LogP contribution is -2.16. The van der Waals surface area contributed by atoms with Crippen LogP contribution in [0.5, 0.6) is 0 Å². The van der Waals surface area contributed by atoms with E-state index in [-0.39, 0.29) is 17.7 Å². The first kappa shape index (κ1) is 25.1. The number of allylic oxidation sites excluding steroid dienone is 1. The van der Waals surface area contributed by atoms with Crippen molar-refractivity contribution in [1.82, 2.24) is 0 Å². The van der Waals surface area contributed by atoms with E-state index in [1.165, 1.54) is 6.42 Å². The summed E-state index contributed by atoms with van der Waals surface area (Å²) < 4.78 is 44.5. The van der Waals surface area contributed by atoms with E-state index in [9.17, 15) is 4.39 Å². The molecule has 2 aliphatic rings. The Morgan fingerprint density at radius 2 is 1.35 bits per heavy atom. The first-order valence-electron chi connectivity index (χ1n) is 13.4. The highest BCUT2D eigenvalue weighted by molar-refractivity contribution is 5.51. The van der Waals surface area contributed by atoms with Crippen LogP contribution in [-0.4, -0.2) is 0 Å². The van der Waals surface area contributed by atoms with Crippen molar-refractivity contribution in [2.75, 3.05) is 0 Å². The van der Waals surface area contributed by atoms with Gasteiger partial charge in [0.1, 0.15) is 5.82 Å². The molecule has 3 heteroatoms. The monoisotopic (exact) mass is 468 g/mol. The fraction of sp³-hybridized carbons (Fsp3) is 0.548. The number of hydrogen-bond acceptors (Lipinski definition) is 0. The van der Waals surface area contributed by atoms with Gasteiger partial charge < -0.3 is 0 Å². The van der Waals surface area contributed by atoms with Gasteiger partial charge in [-0.15, -0.1) is 0 Å².